The molecule has 0 bridgehead atoms. The topological polar surface area (TPSA) is 79.5 Å². The van der Waals surface area contributed by atoms with Crippen LogP contribution in [0.3, 0.4) is 0 Å². The Kier molecular flexibility index (Phi) is 4.79. The molecule has 1 aromatic rings. The molecule has 1 fully saturated rings. The summed E-state index contributed by atoms with van der Waals surface area (Å²) in [5.74, 6) is 1.91. The van der Waals surface area contributed by atoms with Crippen LogP contribution in [0, 0.1) is 11.8 Å². The Morgan fingerprint density at radius 2 is 1.79 bits per heavy atom. The van der Waals surface area contributed by atoms with Gasteiger partial charge in [-0.05, 0) is 31.2 Å². The van der Waals surface area contributed by atoms with Gasteiger partial charge in [0.2, 0.25) is 11.8 Å². The lowest BCUT2D eigenvalue weighted by molar-refractivity contribution is 0.198. The largest absolute Gasteiger partial charge is 0.481 e. The normalized spacial score (nSPS) is 22.3. The van der Waals surface area contributed by atoms with E-state index in [-0.39, 0.29) is 0 Å². The molecule has 0 radical (unpaired) electrons. The molecule has 0 spiro atoms. The maximum Gasteiger partial charge on any atom is 0.323 e. The molecule has 2 atom stereocenters. The van der Waals surface area contributed by atoms with Crippen molar-refractivity contribution in [3.8, 4) is 17.8 Å². The van der Waals surface area contributed by atoms with Gasteiger partial charge in [0.25, 0.3) is 0 Å². The molecule has 1 heterocycles. The third-order valence-corrected chi connectivity index (χ3v) is 3.62. The first-order valence-corrected chi connectivity index (χ1v) is 6.56. The predicted octanol–water partition coefficient (Wildman–Crippen LogP) is 1.25. The van der Waals surface area contributed by atoms with E-state index in [9.17, 15) is 0 Å². The Balaban J connectivity index is 1.98. The molecule has 1 aromatic heterocycles. The third kappa shape index (κ3) is 3.47. The van der Waals surface area contributed by atoms with Gasteiger partial charge >= 0.3 is 6.01 Å². The van der Waals surface area contributed by atoms with Crippen LogP contribution in [0.25, 0.3) is 0 Å². The van der Waals surface area contributed by atoms with Crippen molar-refractivity contribution in [3.63, 3.8) is 0 Å². The molecule has 6 heteroatoms. The number of hydrogen-bond acceptors (Lipinski definition) is 6. The highest BCUT2D eigenvalue weighted by Crippen LogP contribution is 2.31. The number of ether oxygens (including phenoxy) is 3. The highest BCUT2D eigenvalue weighted by atomic mass is 16.5. The summed E-state index contributed by atoms with van der Waals surface area (Å²) < 4.78 is 15.8. The van der Waals surface area contributed by atoms with Gasteiger partial charge in [-0.1, -0.05) is 6.42 Å². The van der Waals surface area contributed by atoms with Crippen LogP contribution >= 0.6 is 0 Å². The average molecular weight is 267 g/mol. The second kappa shape index (κ2) is 6.56. The van der Waals surface area contributed by atoms with E-state index >= 15 is 0 Å². The van der Waals surface area contributed by atoms with Crippen LogP contribution in [0.2, 0.25) is 0 Å². The monoisotopic (exact) mass is 267 g/mol. The van der Waals surface area contributed by atoms with E-state index in [0.29, 0.717) is 36.2 Å². The minimum Gasteiger partial charge on any atom is -0.481 e. The Morgan fingerprint density at radius 3 is 2.37 bits per heavy atom. The van der Waals surface area contributed by atoms with Gasteiger partial charge < -0.3 is 19.9 Å². The van der Waals surface area contributed by atoms with Gasteiger partial charge in [-0.2, -0.15) is 9.97 Å². The van der Waals surface area contributed by atoms with Crippen molar-refractivity contribution < 1.29 is 14.2 Å². The smallest absolute Gasteiger partial charge is 0.323 e. The minimum atomic E-state index is 0.291. The summed E-state index contributed by atoms with van der Waals surface area (Å²) in [6.07, 6.45) is 3.56. The standard InChI is InChI=1S/C13H21N3O3/c1-17-11-6-12(18-2)16-13(15-11)19-8-10-5-3-4-9(10)7-14/h6,9-10H,3-5,7-8,14H2,1-2H3. The van der Waals surface area contributed by atoms with Gasteiger partial charge in [0.1, 0.15) is 0 Å². The summed E-state index contributed by atoms with van der Waals surface area (Å²) in [6, 6.07) is 1.91. The average Bonchev–Trinajstić information content (AvgIpc) is 2.92. The summed E-state index contributed by atoms with van der Waals surface area (Å²) in [7, 11) is 3.10. The molecule has 1 aliphatic rings. The summed E-state index contributed by atoms with van der Waals surface area (Å²) >= 11 is 0. The van der Waals surface area contributed by atoms with Gasteiger partial charge in [0.15, 0.2) is 0 Å². The number of nitrogens with two attached hydrogens (primary N) is 1. The molecule has 2 rings (SSSR count). The van der Waals surface area contributed by atoms with Crippen LogP contribution in [-0.4, -0.2) is 37.3 Å². The minimum absolute atomic E-state index is 0.291. The van der Waals surface area contributed by atoms with Crippen LogP contribution in [0.4, 0.5) is 0 Å². The van der Waals surface area contributed by atoms with Crippen molar-refractivity contribution in [1.82, 2.24) is 9.97 Å². The highest BCUT2D eigenvalue weighted by molar-refractivity contribution is 5.22. The fourth-order valence-corrected chi connectivity index (χ4v) is 2.48. The van der Waals surface area contributed by atoms with Crippen molar-refractivity contribution in [3.05, 3.63) is 6.07 Å². The molecule has 19 heavy (non-hydrogen) atoms. The first kappa shape index (κ1) is 13.9. The number of rotatable bonds is 6. The maximum atomic E-state index is 5.76. The first-order chi connectivity index (χ1) is 9.26. The molecule has 0 amide bonds. The van der Waals surface area contributed by atoms with Crippen molar-refractivity contribution in [1.29, 1.82) is 0 Å². The summed E-state index contributed by atoms with van der Waals surface area (Å²) in [4.78, 5) is 8.29. The summed E-state index contributed by atoms with van der Waals surface area (Å²) in [5, 5.41) is 0. The molecule has 106 valence electrons. The summed E-state index contributed by atoms with van der Waals surface area (Å²) in [5.41, 5.74) is 5.76. The highest BCUT2D eigenvalue weighted by Gasteiger charge is 2.26. The van der Waals surface area contributed by atoms with Gasteiger partial charge in [-0.3, -0.25) is 0 Å². The third-order valence-electron chi connectivity index (χ3n) is 3.62. The van der Waals surface area contributed by atoms with Gasteiger partial charge in [0, 0.05) is 0 Å². The van der Waals surface area contributed by atoms with E-state index in [0.717, 1.165) is 13.0 Å². The molecular weight excluding hydrogens is 246 g/mol. The van der Waals surface area contributed by atoms with Crippen LogP contribution in [0.5, 0.6) is 17.8 Å². The molecule has 0 saturated heterocycles. The lowest BCUT2D eigenvalue weighted by atomic mass is 9.97. The SMILES string of the molecule is COc1cc(OC)nc(OCC2CCCC2CN)n1. The lowest BCUT2D eigenvalue weighted by Crippen LogP contribution is -2.23. The fourth-order valence-electron chi connectivity index (χ4n) is 2.48. The quantitative estimate of drug-likeness (QED) is 0.835. The second-order valence-corrected chi connectivity index (χ2v) is 4.73. The zero-order chi connectivity index (χ0) is 13.7. The van der Waals surface area contributed by atoms with Crippen molar-refractivity contribution in [2.75, 3.05) is 27.4 Å². The number of methoxy groups -OCH3 is 2. The van der Waals surface area contributed by atoms with E-state index in [1.54, 1.807) is 20.3 Å². The zero-order valence-electron chi connectivity index (χ0n) is 11.5. The lowest BCUT2D eigenvalue weighted by Gasteiger charge is -2.17. The second-order valence-electron chi connectivity index (χ2n) is 4.73. The Hall–Kier alpha value is -1.56. The Bertz CT molecular complexity index is 392. The van der Waals surface area contributed by atoms with E-state index in [2.05, 4.69) is 9.97 Å². The fraction of sp³-hybridized carbons (Fsp3) is 0.692. The van der Waals surface area contributed by atoms with E-state index in [1.165, 1.54) is 12.8 Å². The number of hydrogen-bond donors (Lipinski definition) is 1. The van der Waals surface area contributed by atoms with E-state index in [4.69, 9.17) is 19.9 Å². The number of nitrogens with zero attached hydrogens (tertiary/aromatic N) is 2. The van der Waals surface area contributed by atoms with Gasteiger partial charge in [-0.25, -0.2) is 0 Å². The van der Waals surface area contributed by atoms with Crippen molar-refractivity contribution >= 4 is 0 Å². The maximum absolute atomic E-state index is 5.76. The van der Waals surface area contributed by atoms with E-state index < -0.39 is 0 Å². The zero-order valence-corrected chi connectivity index (χ0v) is 11.5. The number of aromatic nitrogens is 2. The molecule has 2 N–H and O–H groups in total. The van der Waals surface area contributed by atoms with Crippen LogP contribution in [0.15, 0.2) is 6.07 Å². The Morgan fingerprint density at radius 1 is 1.16 bits per heavy atom. The Labute approximate surface area is 113 Å². The van der Waals surface area contributed by atoms with Crippen LogP contribution in [0.1, 0.15) is 19.3 Å². The molecular formula is C13H21N3O3. The predicted molar refractivity (Wildman–Crippen MR) is 70.5 cm³/mol. The molecule has 6 nitrogen and oxygen atoms in total. The molecule has 0 aliphatic heterocycles. The summed E-state index contributed by atoms with van der Waals surface area (Å²) in [6.45, 7) is 1.31. The van der Waals surface area contributed by atoms with Gasteiger partial charge in [-0.15, -0.1) is 0 Å². The van der Waals surface area contributed by atoms with Crippen molar-refractivity contribution in [2.45, 2.75) is 19.3 Å². The van der Waals surface area contributed by atoms with E-state index in [1.807, 2.05) is 0 Å². The molecule has 2 unspecified atom stereocenters. The van der Waals surface area contributed by atoms with Crippen LogP contribution < -0.4 is 19.9 Å². The molecule has 1 aliphatic carbocycles. The molecule has 1 saturated carbocycles. The van der Waals surface area contributed by atoms with Gasteiger partial charge in [0.05, 0.1) is 26.9 Å². The molecule has 0 aromatic carbocycles. The first-order valence-electron chi connectivity index (χ1n) is 6.56. The van der Waals surface area contributed by atoms with Crippen molar-refractivity contribution in [2.24, 2.45) is 17.6 Å². The van der Waals surface area contributed by atoms with Crippen LogP contribution in [-0.2, 0) is 0 Å².